The van der Waals surface area contributed by atoms with E-state index in [1.165, 1.54) is 6.07 Å². The quantitative estimate of drug-likeness (QED) is 0.768. The molecule has 22 heavy (non-hydrogen) atoms. The molecule has 1 aliphatic carbocycles. The standard InChI is InChI=1S/C17H15BrFN3/c18-13-8-10(6-7-14(13)19)16-11-4-2-1-3-5-15(11)22-17(21)12(16)9-20/h6-8H,1-5H2,(H2,21,22). The number of nitrogens with two attached hydrogens (primary N) is 1. The molecule has 0 saturated carbocycles. The Balaban J connectivity index is 2.30. The summed E-state index contributed by atoms with van der Waals surface area (Å²) in [5, 5.41) is 9.50. The first-order valence-electron chi connectivity index (χ1n) is 7.28. The van der Waals surface area contributed by atoms with Gasteiger partial charge < -0.3 is 5.73 Å². The van der Waals surface area contributed by atoms with Crippen molar-refractivity contribution in [1.82, 2.24) is 4.98 Å². The number of hydrogen-bond acceptors (Lipinski definition) is 3. The molecular weight excluding hydrogens is 345 g/mol. The molecule has 5 heteroatoms. The topological polar surface area (TPSA) is 62.7 Å². The third-order valence-electron chi connectivity index (χ3n) is 4.07. The zero-order chi connectivity index (χ0) is 15.7. The van der Waals surface area contributed by atoms with E-state index in [1.54, 1.807) is 12.1 Å². The molecule has 2 aromatic rings. The van der Waals surface area contributed by atoms with E-state index in [2.05, 4.69) is 27.0 Å². The van der Waals surface area contributed by atoms with Crippen LogP contribution in [0.15, 0.2) is 22.7 Å². The number of fused-ring (bicyclic) bond motifs is 1. The number of hydrogen-bond donors (Lipinski definition) is 1. The first kappa shape index (κ1) is 15.0. The number of nitrogen functional groups attached to an aromatic ring is 1. The number of benzene rings is 1. The molecule has 1 aromatic carbocycles. The molecule has 0 aliphatic heterocycles. The average molecular weight is 360 g/mol. The van der Waals surface area contributed by atoms with Gasteiger partial charge in [-0.05, 0) is 64.9 Å². The summed E-state index contributed by atoms with van der Waals surface area (Å²) < 4.78 is 13.9. The van der Waals surface area contributed by atoms with E-state index >= 15 is 0 Å². The maximum absolute atomic E-state index is 13.5. The van der Waals surface area contributed by atoms with Crippen LogP contribution in [-0.2, 0) is 12.8 Å². The van der Waals surface area contributed by atoms with Crippen molar-refractivity contribution in [3.8, 4) is 17.2 Å². The van der Waals surface area contributed by atoms with Crippen LogP contribution >= 0.6 is 15.9 Å². The zero-order valence-electron chi connectivity index (χ0n) is 12.0. The first-order chi connectivity index (χ1) is 10.6. The van der Waals surface area contributed by atoms with Crippen molar-refractivity contribution in [2.45, 2.75) is 32.1 Å². The van der Waals surface area contributed by atoms with Gasteiger partial charge in [-0.2, -0.15) is 5.26 Å². The SMILES string of the molecule is N#Cc1c(N)nc2c(c1-c1ccc(F)c(Br)c1)CCCCC2. The van der Waals surface area contributed by atoms with Crippen molar-refractivity contribution in [2.24, 2.45) is 0 Å². The summed E-state index contributed by atoms with van der Waals surface area (Å²) in [6.07, 6.45) is 5.05. The molecule has 0 fully saturated rings. The van der Waals surface area contributed by atoms with Crippen molar-refractivity contribution in [1.29, 1.82) is 5.26 Å². The average Bonchev–Trinajstić information content (AvgIpc) is 2.73. The number of rotatable bonds is 1. The predicted molar refractivity (Wildman–Crippen MR) is 87.7 cm³/mol. The number of aromatic nitrogens is 1. The number of nitriles is 1. The monoisotopic (exact) mass is 359 g/mol. The highest BCUT2D eigenvalue weighted by Crippen LogP contribution is 2.36. The van der Waals surface area contributed by atoms with E-state index in [-0.39, 0.29) is 11.6 Å². The number of pyridine rings is 1. The zero-order valence-corrected chi connectivity index (χ0v) is 13.6. The highest BCUT2D eigenvalue weighted by molar-refractivity contribution is 9.10. The van der Waals surface area contributed by atoms with Crippen LogP contribution in [0.5, 0.6) is 0 Å². The molecule has 1 heterocycles. The Labute approximate surface area is 137 Å². The fraction of sp³-hybridized carbons (Fsp3) is 0.294. The van der Waals surface area contributed by atoms with E-state index < -0.39 is 0 Å². The molecule has 0 unspecified atom stereocenters. The number of halogens is 2. The lowest BCUT2D eigenvalue weighted by molar-refractivity contribution is 0.621. The summed E-state index contributed by atoms with van der Waals surface area (Å²) >= 11 is 3.22. The summed E-state index contributed by atoms with van der Waals surface area (Å²) in [4.78, 5) is 4.44. The van der Waals surface area contributed by atoms with Crippen LogP contribution in [0.2, 0.25) is 0 Å². The van der Waals surface area contributed by atoms with Crippen LogP contribution in [0.1, 0.15) is 36.1 Å². The molecule has 0 radical (unpaired) electrons. The largest absolute Gasteiger partial charge is 0.383 e. The lowest BCUT2D eigenvalue weighted by atomic mass is 9.92. The molecule has 0 amide bonds. The molecule has 3 rings (SSSR count). The van der Waals surface area contributed by atoms with Gasteiger partial charge in [0.25, 0.3) is 0 Å². The molecule has 112 valence electrons. The van der Waals surface area contributed by atoms with Crippen LogP contribution in [0.25, 0.3) is 11.1 Å². The van der Waals surface area contributed by atoms with Gasteiger partial charge in [0, 0.05) is 11.3 Å². The second kappa shape index (κ2) is 6.05. The van der Waals surface area contributed by atoms with Crippen molar-refractivity contribution < 1.29 is 4.39 Å². The lowest BCUT2D eigenvalue weighted by Gasteiger charge is -2.16. The van der Waals surface area contributed by atoms with Crippen LogP contribution < -0.4 is 5.73 Å². The van der Waals surface area contributed by atoms with E-state index in [1.807, 2.05) is 0 Å². The summed E-state index contributed by atoms with van der Waals surface area (Å²) in [7, 11) is 0. The van der Waals surface area contributed by atoms with E-state index in [0.29, 0.717) is 10.0 Å². The van der Waals surface area contributed by atoms with Gasteiger partial charge in [0.05, 0.1) is 4.47 Å². The predicted octanol–water partition coefficient (Wildman–Crippen LogP) is 4.37. The number of anilines is 1. The van der Waals surface area contributed by atoms with Crippen molar-refractivity contribution >= 4 is 21.7 Å². The molecule has 1 aliphatic rings. The third kappa shape index (κ3) is 2.59. The molecular formula is C17H15BrFN3. The van der Waals surface area contributed by atoms with Gasteiger partial charge in [0.2, 0.25) is 0 Å². The van der Waals surface area contributed by atoms with Gasteiger partial charge in [-0.15, -0.1) is 0 Å². The highest BCUT2D eigenvalue weighted by Gasteiger charge is 2.21. The maximum Gasteiger partial charge on any atom is 0.142 e. The summed E-state index contributed by atoms with van der Waals surface area (Å²) in [6, 6.07) is 6.97. The second-order valence-corrected chi connectivity index (χ2v) is 6.33. The minimum atomic E-state index is -0.324. The summed E-state index contributed by atoms with van der Waals surface area (Å²) in [5.41, 5.74) is 10.1. The smallest absolute Gasteiger partial charge is 0.142 e. The Kier molecular flexibility index (Phi) is 4.12. The van der Waals surface area contributed by atoms with Crippen LogP contribution in [-0.4, -0.2) is 4.98 Å². The Morgan fingerprint density at radius 2 is 2.00 bits per heavy atom. The van der Waals surface area contributed by atoms with Gasteiger partial charge in [-0.25, -0.2) is 9.37 Å². The first-order valence-corrected chi connectivity index (χ1v) is 8.08. The lowest BCUT2D eigenvalue weighted by Crippen LogP contribution is -2.07. The van der Waals surface area contributed by atoms with Gasteiger partial charge >= 0.3 is 0 Å². The Morgan fingerprint density at radius 1 is 1.23 bits per heavy atom. The van der Waals surface area contributed by atoms with Gasteiger partial charge in [-0.3, -0.25) is 0 Å². The molecule has 3 nitrogen and oxygen atoms in total. The molecule has 2 N–H and O–H groups in total. The van der Waals surface area contributed by atoms with E-state index in [0.717, 1.165) is 54.5 Å². The van der Waals surface area contributed by atoms with Crippen LogP contribution in [0.4, 0.5) is 10.2 Å². The third-order valence-corrected chi connectivity index (χ3v) is 4.68. The fourth-order valence-corrected chi connectivity index (χ4v) is 3.40. The van der Waals surface area contributed by atoms with Gasteiger partial charge in [-0.1, -0.05) is 12.5 Å². The Morgan fingerprint density at radius 3 is 2.73 bits per heavy atom. The Hall–Kier alpha value is -1.93. The maximum atomic E-state index is 13.5. The summed E-state index contributed by atoms with van der Waals surface area (Å²) in [6.45, 7) is 0. The number of nitrogens with zero attached hydrogens (tertiary/aromatic N) is 2. The fourth-order valence-electron chi connectivity index (χ4n) is 3.02. The van der Waals surface area contributed by atoms with Crippen molar-refractivity contribution in [3.05, 3.63) is 45.3 Å². The molecule has 0 spiro atoms. The van der Waals surface area contributed by atoms with E-state index in [9.17, 15) is 9.65 Å². The van der Waals surface area contributed by atoms with E-state index in [4.69, 9.17) is 5.73 Å². The normalized spacial score (nSPS) is 14.0. The van der Waals surface area contributed by atoms with Gasteiger partial charge in [0.15, 0.2) is 0 Å². The molecule has 0 atom stereocenters. The number of aryl methyl sites for hydroxylation is 1. The highest BCUT2D eigenvalue weighted by atomic mass is 79.9. The van der Waals surface area contributed by atoms with Gasteiger partial charge in [0.1, 0.15) is 23.3 Å². The molecule has 0 saturated heterocycles. The van der Waals surface area contributed by atoms with Crippen LogP contribution in [0.3, 0.4) is 0 Å². The minimum absolute atomic E-state index is 0.263. The molecule has 1 aromatic heterocycles. The summed E-state index contributed by atoms with van der Waals surface area (Å²) in [5.74, 6) is -0.0611. The second-order valence-electron chi connectivity index (χ2n) is 5.47. The molecule has 0 bridgehead atoms. The Bertz CT molecular complexity index is 780. The van der Waals surface area contributed by atoms with Crippen molar-refractivity contribution in [2.75, 3.05) is 5.73 Å². The minimum Gasteiger partial charge on any atom is -0.383 e. The van der Waals surface area contributed by atoms with Crippen molar-refractivity contribution in [3.63, 3.8) is 0 Å². The van der Waals surface area contributed by atoms with Crippen LogP contribution in [0, 0.1) is 17.1 Å².